The second-order valence-electron chi connectivity index (χ2n) is 5.28. The molecule has 0 aliphatic heterocycles. The fourth-order valence-electron chi connectivity index (χ4n) is 2.58. The number of hydrogen-bond acceptors (Lipinski definition) is 3. The summed E-state index contributed by atoms with van der Waals surface area (Å²) in [6.07, 6.45) is 7.76. The summed E-state index contributed by atoms with van der Waals surface area (Å²) in [6.45, 7) is 7.13. The van der Waals surface area contributed by atoms with E-state index in [0.717, 1.165) is 31.5 Å². The molecule has 0 aliphatic carbocycles. The van der Waals surface area contributed by atoms with Crippen LogP contribution < -0.4 is 0 Å². The van der Waals surface area contributed by atoms with Crippen LogP contribution in [0.3, 0.4) is 0 Å². The minimum absolute atomic E-state index is 0.132. The smallest absolute Gasteiger partial charge is 0.358 e. The Morgan fingerprint density at radius 3 is 2.35 bits per heavy atom. The summed E-state index contributed by atoms with van der Waals surface area (Å²) in [4.78, 5) is 11.3. The third kappa shape index (κ3) is 4.32. The lowest BCUT2D eigenvalue weighted by Crippen LogP contribution is -2.12. The molecule has 0 saturated heterocycles. The Hall–Kier alpha value is -1.39. The molecule has 0 fully saturated rings. The summed E-state index contributed by atoms with van der Waals surface area (Å²) in [5.74, 6) is -0.740. The summed E-state index contributed by atoms with van der Waals surface area (Å²) in [6, 6.07) is 0. The molecule has 0 saturated carbocycles. The van der Waals surface area contributed by atoms with Crippen molar-refractivity contribution < 1.29 is 9.90 Å². The Labute approximate surface area is 121 Å². The number of carbonyl (C=O) groups is 1. The highest BCUT2D eigenvalue weighted by Gasteiger charge is 2.24. The van der Waals surface area contributed by atoms with Crippen molar-refractivity contribution in [3.05, 3.63) is 11.4 Å². The van der Waals surface area contributed by atoms with E-state index < -0.39 is 5.97 Å². The van der Waals surface area contributed by atoms with Gasteiger partial charge in [-0.15, -0.1) is 5.10 Å². The van der Waals surface area contributed by atoms with Gasteiger partial charge in [-0.1, -0.05) is 51.7 Å². The normalized spacial score (nSPS) is 11.2. The molecule has 1 aromatic rings. The van der Waals surface area contributed by atoms with E-state index in [1.807, 2.05) is 4.68 Å². The van der Waals surface area contributed by atoms with Crippen LogP contribution in [-0.2, 0) is 6.54 Å². The van der Waals surface area contributed by atoms with Gasteiger partial charge < -0.3 is 5.11 Å². The summed E-state index contributed by atoms with van der Waals surface area (Å²) in [7, 11) is 0. The number of aryl methyl sites for hydroxylation is 1. The van der Waals surface area contributed by atoms with Crippen molar-refractivity contribution in [1.29, 1.82) is 0 Å². The fraction of sp³-hybridized carbons (Fsp3) is 0.800. The number of rotatable bonds is 10. The van der Waals surface area contributed by atoms with Gasteiger partial charge in [0.05, 0.1) is 5.69 Å². The van der Waals surface area contributed by atoms with Crippen molar-refractivity contribution in [3.8, 4) is 0 Å². The van der Waals surface area contributed by atoms with E-state index in [1.165, 1.54) is 25.7 Å². The predicted molar refractivity (Wildman–Crippen MR) is 79.1 cm³/mol. The Bertz CT molecular complexity index is 411. The Morgan fingerprint density at radius 2 is 1.80 bits per heavy atom. The second kappa shape index (κ2) is 8.72. The molecule has 0 bridgehead atoms. The SMILES string of the molecule is CCCCCCCn1nnc(C(=O)O)c1C(CC)CC. The van der Waals surface area contributed by atoms with E-state index in [4.69, 9.17) is 0 Å². The molecule has 20 heavy (non-hydrogen) atoms. The molecular formula is C15H27N3O2. The van der Waals surface area contributed by atoms with Crippen molar-refractivity contribution in [2.45, 2.75) is 78.2 Å². The number of carboxylic acid groups (broad SMARTS) is 1. The first kappa shape index (κ1) is 16.7. The van der Waals surface area contributed by atoms with Crippen molar-refractivity contribution in [3.63, 3.8) is 0 Å². The summed E-state index contributed by atoms with van der Waals surface area (Å²) in [5, 5.41) is 17.2. The number of aromatic nitrogens is 3. The van der Waals surface area contributed by atoms with Gasteiger partial charge in [0.15, 0.2) is 5.69 Å². The van der Waals surface area contributed by atoms with E-state index in [2.05, 4.69) is 31.1 Å². The van der Waals surface area contributed by atoms with Gasteiger partial charge in [0.25, 0.3) is 0 Å². The average molecular weight is 281 g/mol. The van der Waals surface area contributed by atoms with Crippen molar-refractivity contribution in [2.24, 2.45) is 0 Å². The van der Waals surface area contributed by atoms with Crippen LogP contribution in [0.5, 0.6) is 0 Å². The minimum atomic E-state index is -0.968. The van der Waals surface area contributed by atoms with Crippen molar-refractivity contribution in [2.75, 3.05) is 0 Å². The number of aromatic carboxylic acids is 1. The van der Waals surface area contributed by atoms with E-state index in [1.54, 1.807) is 0 Å². The van der Waals surface area contributed by atoms with Crippen LogP contribution >= 0.6 is 0 Å². The van der Waals surface area contributed by atoms with Gasteiger partial charge in [0.2, 0.25) is 0 Å². The van der Waals surface area contributed by atoms with Crippen molar-refractivity contribution in [1.82, 2.24) is 15.0 Å². The maximum Gasteiger partial charge on any atom is 0.358 e. The highest BCUT2D eigenvalue weighted by molar-refractivity contribution is 5.86. The molecule has 0 radical (unpaired) electrons. The summed E-state index contributed by atoms with van der Waals surface area (Å²) < 4.78 is 1.81. The number of unbranched alkanes of at least 4 members (excludes halogenated alkanes) is 4. The van der Waals surface area contributed by atoms with Crippen LogP contribution in [0, 0.1) is 0 Å². The molecule has 1 N–H and O–H groups in total. The Balaban J connectivity index is 2.77. The molecule has 1 rings (SSSR count). The lowest BCUT2D eigenvalue weighted by Gasteiger charge is -2.15. The number of nitrogens with zero attached hydrogens (tertiary/aromatic N) is 3. The van der Waals surface area contributed by atoms with Crippen LogP contribution in [-0.4, -0.2) is 26.1 Å². The lowest BCUT2D eigenvalue weighted by atomic mass is 9.97. The lowest BCUT2D eigenvalue weighted by molar-refractivity contribution is 0.0688. The third-order valence-electron chi connectivity index (χ3n) is 3.82. The molecule has 5 nitrogen and oxygen atoms in total. The first-order chi connectivity index (χ1) is 9.65. The molecule has 0 aromatic carbocycles. The van der Waals surface area contributed by atoms with Gasteiger partial charge in [-0.25, -0.2) is 9.48 Å². The first-order valence-electron chi connectivity index (χ1n) is 7.82. The monoisotopic (exact) mass is 281 g/mol. The van der Waals surface area contributed by atoms with Crippen LogP contribution in [0.1, 0.15) is 87.8 Å². The van der Waals surface area contributed by atoms with Crippen LogP contribution in [0.15, 0.2) is 0 Å². The molecule has 0 atom stereocenters. The minimum Gasteiger partial charge on any atom is -0.476 e. The van der Waals surface area contributed by atoms with Crippen LogP contribution in [0.4, 0.5) is 0 Å². The maximum absolute atomic E-state index is 11.3. The maximum atomic E-state index is 11.3. The van der Waals surface area contributed by atoms with Gasteiger partial charge in [0.1, 0.15) is 0 Å². The molecule has 5 heteroatoms. The van der Waals surface area contributed by atoms with E-state index in [0.29, 0.717) is 0 Å². The molecule has 0 amide bonds. The quantitative estimate of drug-likeness (QED) is 0.661. The zero-order valence-corrected chi connectivity index (χ0v) is 12.9. The zero-order valence-electron chi connectivity index (χ0n) is 12.9. The van der Waals surface area contributed by atoms with Crippen LogP contribution in [0.2, 0.25) is 0 Å². The van der Waals surface area contributed by atoms with E-state index in [-0.39, 0.29) is 11.6 Å². The summed E-state index contributed by atoms with van der Waals surface area (Å²) >= 11 is 0. The average Bonchev–Trinajstić information content (AvgIpc) is 2.84. The Kier molecular flexibility index (Phi) is 7.26. The number of carboxylic acids is 1. The zero-order chi connectivity index (χ0) is 15.0. The largest absolute Gasteiger partial charge is 0.476 e. The molecule has 1 aromatic heterocycles. The third-order valence-corrected chi connectivity index (χ3v) is 3.82. The molecule has 1 heterocycles. The van der Waals surface area contributed by atoms with Gasteiger partial charge in [0, 0.05) is 12.5 Å². The van der Waals surface area contributed by atoms with Gasteiger partial charge in [-0.3, -0.25) is 0 Å². The highest BCUT2D eigenvalue weighted by Crippen LogP contribution is 2.25. The van der Waals surface area contributed by atoms with Crippen LogP contribution in [0.25, 0.3) is 0 Å². The molecular weight excluding hydrogens is 254 g/mol. The topological polar surface area (TPSA) is 68.0 Å². The molecule has 114 valence electrons. The second-order valence-corrected chi connectivity index (χ2v) is 5.28. The van der Waals surface area contributed by atoms with E-state index in [9.17, 15) is 9.90 Å². The van der Waals surface area contributed by atoms with Gasteiger partial charge in [-0.2, -0.15) is 0 Å². The molecule has 0 spiro atoms. The molecule has 0 unspecified atom stereocenters. The Morgan fingerprint density at radius 1 is 1.15 bits per heavy atom. The highest BCUT2D eigenvalue weighted by atomic mass is 16.4. The van der Waals surface area contributed by atoms with Crippen molar-refractivity contribution >= 4 is 5.97 Å². The van der Waals surface area contributed by atoms with Gasteiger partial charge in [-0.05, 0) is 19.3 Å². The fourth-order valence-corrected chi connectivity index (χ4v) is 2.58. The standard InChI is InChI=1S/C15H27N3O2/c1-4-7-8-9-10-11-18-14(12(5-2)6-3)13(15(19)20)16-17-18/h12H,4-11H2,1-3H3,(H,19,20). The first-order valence-corrected chi connectivity index (χ1v) is 7.82. The molecule has 0 aliphatic rings. The summed E-state index contributed by atoms with van der Waals surface area (Å²) in [5.41, 5.74) is 0.935. The van der Waals surface area contributed by atoms with Gasteiger partial charge >= 0.3 is 5.97 Å². The van der Waals surface area contributed by atoms with E-state index >= 15 is 0 Å². The predicted octanol–water partition coefficient (Wildman–Crippen LogP) is 3.85. The number of hydrogen-bond donors (Lipinski definition) is 1.